The molecule has 1 aliphatic rings. The minimum Gasteiger partial charge on any atom is -0.373 e. The second-order valence-corrected chi connectivity index (χ2v) is 9.25. The molecule has 1 aliphatic carbocycles. The number of aromatic amines is 1. The SMILES string of the molecule is Cc1nc(-c2c(C(F)(F)F)ccc(CNC(=O)C3CC(OCc4ccccc4C(F)(F)F)C3)c2F)[nH]c(=O)c1F. The van der Waals surface area contributed by atoms with Crippen molar-refractivity contribution in [1.29, 1.82) is 0 Å². The van der Waals surface area contributed by atoms with Gasteiger partial charge in [-0.05, 0) is 37.5 Å². The van der Waals surface area contributed by atoms with Crippen molar-refractivity contribution < 1.29 is 44.7 Å². The normalized spacial score (nSPS) is 17.4. The van der Waals surface area contributed by atoms with Gasteiger partial charge in [-0.1, -0.05) is 24.3 Å². The fourth-order valence-electron chi connectivity index (χ4n) is 4.29. The first-order valence-electron chi connectivity index (χ1n) is 11.9. The number of nitrogens with one attached hydrogen (secondary N) is 2. The highest BCUT2D eigenvalue weighted by atomic mass is 19.4. The van der Waals surface area contributed by atoms with Gasteiger partial charge in [0.05, 0.1) is 35.1 Å². The molecule has 0 unspecified atom stereocenters. The number of carbonyl (C=O) groups is 1. The molecule has 214 valence electrons. The van der Waals surface area contributed by atoms with E-state index in [4.69, 9.17) is 4.74 Å². The molecule has 2 aromatic carbocycles. The van der Waals surface area contributed by atoms with Crippen molar-refractivity contribution in [3.8, 4) is 11.4 Å². The van der Waals surface area contributed by atoms with Crippen LogP contribution in [0.2, 0.25) is 0 Å². The highest BCUT2D eigenvalue weighted by Crippen LogP contribution is 2.39. The van der Waals surface area contributed by atoms with Crippen molar-refractivity contribution in [3.05, 3.63) is 86.3 Å². The van der Waals surface area contributed by atoms with Gasteiger partial charge in [0, 0.05) is 18.0 Å². The minimum absolute atomic E-state index is 0.0522. The van der Waals surface area contributed by atoms with Gasteiger partial charge >= 0.3 is 12.4 Å². The van der Waals surface area contributed by atoms with E-state index in [0.29, 0.717) is 6.07 Å². The summed E-state index contributed by atoms with van der Waals surface area (Å²) in [7, 11) is 0. The van der Waals surface area contributed by atoms with Gasteiger partial charge in [0.25, 0.3) is 5.56 Å². The zero-order valence-corrected chi connectivity index (χ0v) is 20.6. The monoisotopic (exact) mass is 575 g/mol. The average molecular weight is 575 g/mol. The molecule has 2 N–H and O–H groups in total. The number of amides is 1. The number of alkyl halides is 6. The number of halogens is 8. The summed E-state index contributed by atoms with van der Waals surface area (Å²) in [6.07, 6.45) is -9.71. The van der Waals surface area contributed by atoms with Crippen LogP contribution >= 0.6 is 0 Å². The number of hydrogen-bond acceptors (Lipinski definition) is 4. The van der Waals surface area contributed by atoms with E-state index in [9.17, 15) is 40.3 Å². The molecule has 14 heteroatoms. The lowest BCUT2D eigenvalue weighted by atomic mass is 9.81. The Labute approximate surface area is 221 Å². The van der Waals surface area contributed by atoms with Crippen molar-refractivity contribution in [2.75, 3.05) is 0 Å². The maximum Gasteiger partial charge on any atom is 0.417 e. The predicted molar refractivity (Wildman–Crippen MR) is 125 cm³/mol. The Bertz CT molecular complexity index is 1480. The third-order valence-corrected chi connectivity index (χ3v) is 6.51. The summed E-state index contributed by atoms with van der Waals surface area (Å²) in [5.41, 5.74) is -5.70. The van der Waals surface area contributed by atoms with E-state index in [-0.39, 0.29) is 30.6 Å². The first kappa shape index (κ1) is 29.2. The van der Waals surface area contributed by atoms with Crippen LogP contribution in [0.25, 0.3) is 11.4 Å². The van der Waals surface area contributed by atoms with E-state index < -0.39 is 82.2 Å². The Morgan fingerprint density at radius 1 is 0.975 bits per heavy atom. The van der Waals surface area contributed by atoms with Crippen LogP contribution in [0.4, 0.5) is 35.1 Å². The van der Waals surface area contributed by atoms with Crippen molar-refractivity contribution in [2.24, 2.45) is 5.92 Å². The molecule has 0 aliphatic heterocycles. The number of rotatable bonds is 7. The summed E-state index contributed by atoms with van der Waals surface area (Å²) in [6, 6.07) is 6.31. The van der Waals surface area contributed by atoms with Gasteiger partial charge in [0.2, 0.25) is 11.7 Å². The highest BCUT2D eigenvalue weighted by Gasteiger charge is 2.38. The van der Waals surface area contributed by atoms with Crippen LogP contribution in [0, 0.1) is 24.5 Å². The second-order valence-electron chi connectivity index (χ2n) is 9.25. The Morgan fingerprint density at radius 2 is 1.62 bits per heavy atom. The van der Waals surface area contributed by atoms with E-state index in [0.717, 1.165) is 19.1 Å². The van der Waals surface area contributed by atoms with Gasteiger partial charge in [-0.2, -0.15) is 30.7 Å². The average Bonchev–Trinajstić information content (AvgIpc) is 2.84. The molecule has 0 atom stereocenters. The Kier molecular flexibility index (Phi) is 8.01. The number of aryl methyl sites for hydroxylation is 1. The molecule has 0 saturated heterocycles. The number of nitrogens with zero attached hydrogens (tertiary/aromatic N) is 1. The number of hydrogen-bond donors (Lipinski definition) is 2. The summed E-state index contributed by atoms with van der Waals surface area (Å²) in [6.45, 7) is 0.211. The number of ether oxygens (including phenoxy) is 1. The predicted octanol–water partition coefficient (Wildman–Crippen LogP) is 5.67. The third kappa shape index (κ3) is 6.16. The largest absolute Gasteiger partial charge is 0.417 e. The molecule has 1 heterocycles. The topological polar surface area (TPSA) is 84.1 Å². The number of benzene rings is 2. The molecule has 1 amide bonds. The molecule has 4 rings (SSSR count). The molecule has 0 spiro atoms. The van der Waals surface area contributed by atoms with E-state index in [2.05, 4.69) is 10.3 Å². The van der Waals surface area contributed by atoms with Crippen LogP contribution in [0.3, 0.4) is 0 Å². The number of aromatic nitrogens is 2. The van der Waals surface area contributed by atoms with Crippen LogP contribution in [0.1, 0.15) is 40.8 Å². The highest BCUT2D eigenvalue weighted by molar-refractivity contribution is 5.79. The summed E-state index contributed by atoms with van der Waals surface area (Å²) < 4.78 is 115. The fourth-order valence-corrected chi connectivity index (χ4v) is 4.29. The van der Waals surface area contributed by atoms with Gasteiger partial charge in [-0.15, -0.1) is 0 Å². The first-order chi connectivity index (χ1) is 18.7. The minimum atomic E-state index is -5.04. The molecule has 0 bridgehead atoms. The summed E-state index contributed by atoms with van der Waals surface area (Å²) in [5.74, 6) is -4.72. The van der Waals surface area contributed by atoms with Crippen LogP contribution in [0.5, 0.6) is 0 Å². The lowest BCUT2D eigenvalue weighted by Gasteiger charge is -2.34. The van der Waals surface area contributed by atoms with Crippen molar-refractivity contribution in [1.82, 2.24) is 15.3 Å². The van der Waals surface area contributed by atoms with E-state index in [1.54, 1.807) is 0 Å². The van der Waals surface area contributed by atoms with Crippen LogP contribution in [-0.4, -0.2) is 22.0 Å². The van der Waals surface area contributed by atoms with Crippen molar-refractivity contribution >= 4 is 5.91 Å². The maximum absolute atomic E-state index is 15.3. The molecular formula is C26H21F8N3O3. The molecule has 1 aromatic heterocycles. The molecular weight excluding hydrogens is 554 g/mol. The van der Waals surface area contributed by atoms with Crippen molar-refractivity contribution in [3.63, 3.8) is 0 Å². The van der Waals surface area contributed by atoms with Crippen LogP contribution in [0.15, 0.2) is 41.2 Å². The molecule has 6 nitrogen and oxygen atoms in total. The Balaban J connectivity index is 1.41. The smallest absolute Gasteiger partial charge is 0.373 e. The van der Waals surface area contributed by atoms with E-state index in [1.165, 1.54) is 18.2 Å². The zero-order valence-electron chi connectivity index (χ0n) is 20.6. The lowest BCUT2D eigenvalue weighted by Crippen LogP contribution is -2.42. The van der Waals surface area contributed by atoms with Gasteiger partial charge in [0.1, 0.15) is 11.6 Å². The summed E-state index contributed by atoms with van der Waals surface area (Å²) in [4.78, 5) is 29.6. The van der Waals surface area contributed by atoms with Gasteiger partial charge in [-0.3, -0.25) is 9.59 Å². The van der Waals surface area contributed by atoms with E-state index >= 15 is 4.39 Å². The quantitative estimate of drug-likeness (QED) is 0.356. The maximum atomic E-state index is 15.3. The first-order valence-corrected chi connectivity index (χ1v) is 11.9. The van der Waals surface area contributed by atoms with Gasteiger partial charge in [-0.25, -0.2) is 9.37 Å². The molecule has 1 saturated carbocycles. The zero-order chi connectivity index (χ0) is 29.4. The number of H-pyrrole nitrogens is 1. The standard InChI is InChI=1S/C26H21F8N3O3/c1-12-20(27)24(39)37-22(36-12)19-18(26(32,33)34)7-6-13(21(19)28)10-35-23(38)15-8-16(9-15)40-11-14-4-2-3-5-17(14)25(29,30)31/h2-7,15-16H,8-11H2,1H3,(H,35,38)(H,36,37,39). The molecule has 0 radical (unpaired) electrons. The van der Waals surface area contributed by atoms with E-state index in [1.807, 2.05) is 4.98 Å². The summed E-state index contributed by atoms with van der Waals surface area (Å²) >= 11 is 0. The molecule has 3 aromatic rings. The second kappa shape index (κ2) is 11.0. The third-order valence-electron chi connectivity index (χ3n) is 6.51. The number of carbonyl (C=O) groups excluding carboxylic acids is 1. The lowest BCUT2D eigenvalue weighted by molar-refractivity contribution is -0.140. The van der Waals surface area contributed by atoms with Crippen LogP contribution < -0.4 is 10.9 Å². The molecule has 40 heavy (non-hydrogen) atoms. The van der Waals surface area contributed by atoms with Crippen molar-refractivity contribution in [2.45, 2.75) is 51.4 Å². The summed E-state index contributed by atoms with van der Waals surface area (Å²) in [5, 5.41) is 2.42. The molecule has 1 fully saturated rings. The van der Waals surface area contributed by atoms with Gasteiger partial charge < -0.3 is 15.0 Å². The van der Waals surface area contributed by atoms with Gasteiger partial charge in [0.15, 0.2) is 0 Å². The Hall–Kier alpha value is -3.81. The Morgan fingerprint density at radius 3 is 2.25 bits per heavy atom. The van der Waals surface area contributed by atoms with Crippen LogP contribution in [-0.2, 0) is 35.0 Å². The fraction of sp³-hybridized carbons (Fsp3) is 0.346.